The predicted octanol–water partition coefficient (Wildman–Crippen LogP) is 2.90. The molecule has 0 bridgehead atoms. The quantitative estimate of drug-likeness (QED) is 0.826. The lowest BCUT2D eigenvalue weighted by atomic mass is 10.1. The molecule has 2 heterocycles. The molecule has 2 aromatic rings. The number of carbonyl (C=O) groups excluding carboxylic acids is 1. The van der Waals surface area contributed by atoms with Crippen LogP contribution in [-0.2, 0) is 4.79 Å². The van der Waals surface area contributed by atoms with Gasteiger partial charge < -0.3 is 4.74 Å². The summed E-state index contributed by atoms with van der Waals surface area (Å²) in [5.41, 5.74) is 1.46. The first-order valence-electron chi connectivity index (χ1n) is 10.5. The molecule has 1 amide bonds. The molecule has 6 nitrogen and oxygen atoms in total. The first-order valence-corrected chi connectivity index (χ1v) is 11.5. The summed E-state index contributed by atoms with van der Waals surface area (Å²) in [5, 5.41) is 11.6. The topological polar surface area (TPSA) is 66.3 Å². The van der Waals surface area contributed by atoms with Crippen LogP contribution in [0.1, 0.15) is 44.3 Å². The summed E-state index contributed by atoms with van der Waals surface area (Å²) < 4.78 is 6.38. The number of para-hydroxylation sites is 2. The van der Waals surface area contributed by atoms with Crippen molar-refractivity contribution in [3.05, 3.63) is 64.7 Å². The summed E-state index contributed by atoms with van der Waals surface area (Å²) >= 11 is 1.51. The fourth-order valence-corrected chi connectivity index (χ4v) is 4.80. The van der Waals surface area contributed by atoms with E-state index < -0.39 is 6.17 Å². The smallest absolute Gasteiger partial charge is 0.276 e. The first kappa shape index (κ1) is 19.2. The Balaban J connectivity index is 1.65. The Kier molecular flexibility index (Phi) is 5.21. The highest BCUT2D eigenvalue weighted by Gasteiger charge is 2.35. The molecule has 1 aliphatic carbocycles. The molecule has 30 heavy (non-hydrogen) atoms. The van der Waals surface area contributed by atoms with Gasteiger partial charge in [0.2, 0.25) is 0 Å². The maximum atomic E-state index is 13.1. The lowest BCUT2D eigenvalue weighted by Crippen LogP contribution is -2.50. The lowest BCUT2D eigenvalue weighted by Gasteiger charge is -2.34. The van der Waals surface area contributed by atoms with Crippen molar-refractivity contribution in [2.45, 2.75) is 44.9 Å². The molecule has 2 aliphatic heterocycles. The van der Waals surface area contributed by atoms with Gasteiger partial charge in [-0.2, -0.15) is 0 Å². The van der Waals surface area contributed by atoms with Crippen LogP contribution in [0.5, 0.6) is 5.75 Å². The number of hydrogen-bond acceptors (Lipinski definition) is 6. The zero-order valence-corrected chi connectivity index (χ0v) is 17.7. The number of thioether (sulfide) groups is 1. The van der Waals surface area contributed by atoms with E-state index in [2.05, 4.69) is 5.32 Å². The van der Waals surface area contributed by atoms with Crippen molar-refractivity contribution >= 4 is 28.5 Å². The van der Waals surface area contributed by atoms with Gasteiger partial charge in [-0.3, -0.25) is 15.1 Å². The molecule has 1 unspecified atom stereocenters. The Morgan fingerprint density at radius 3 is 2.73 bits per heavy atom. The van der Waals surface area contributed by atoms with Gasteiger partial charge in [-0.05, 0) is 43.6 Å². The second kappa shape index (κ2) is 8.14. The van der Waals surface area contributed by atoms with Crippen LogP contribution >= 0.6 is 11.8 Å². The number of ether oxygens (including phenoxy) is 1. The number of rotatable bonds is 4. The average molecular weight is 421 g/mol. The number of carbonyl (C=O) groups is 1. The summed E-state index contributed by atoms with van der Waals surface area (Å²) in [5.74, 6) is 1.49. The molecule has 0 saturated heterocycles. The molecule has 1 saturated carbocycles. The Morgan fingerprint density at radius 1 is 1.13 bits per heavy atom. The molecule has 3 aliphatic rings. The summed E-state index contributed by atoms with van der Waals surface area (Å²) in [4.78, 5) is 18.1. The molecule has 154 valence electrons. The number of amidine groups is 1. The van der Waals surface area contributed by atoms with Crippen molar-refractivity contribution in [1.82, 2.24) is 10.3 Å². The number of nitrogens with zero attached hydrogens (tertiary/aromatic N) is 3. The summed E-state index contributed by atoms with van der Waals surface area (Å²) in [7, 11) is 0. The normalized spacial score (nSPS) is 20.8. The minimum Gasteiger partial charge on any atom is -0.490 e. The van der Waals surface area contributed by atoms with E-state index in [0.717, 1.165) is 40.5 Å². The summed E-state index contributed by atoms with van der Waals surface area (Å²) in [6.07, 6.45) is 4.37. The fraction of sp³-hybridized carbons (Fsp3) is 0.348. The minimum atomic E-state index is -0.453. The van der Waals surface area contributed by atoms with Crippen molar-refractivity contribution < 1.29 is 9.53 Å². The Hall–Kier alpha value is -2.80. The third-order valence-electron chi connectivity index (χ3n) is 5.59. The van der Waals surface area contributed by atoms with Gasteiger partial charge in [-0.15, -0.1) is 5.10 Å². The molecule has 0 radical (unpaired) electrons. The zero-order valence-electron chi connectivity index (χ0n) is 16.9. The fourth-order valence-electron chi connectivity index (χ4n) is 4.22. The molecule has 7 heteroatoms. The highest BCUT2D eigenvalue weighted by atomic mass is 32.2. The van der Waals surface area contributed by atoms with E-state index in [9.17, 15) is 4.79 Å². The van der Waals surface area contributed by atoms with Crippen LogP contribution < -0.4 is 20.6 Å². The SMILES string of the molecule is CCSC1=NN2C(=c3ccccc3=NC2c2ccccc2OC2CCCC2)C(=O)N1. The molecule has 1 fully saturated rings. The van der Waals surface area contributed by atoms with E-state index in [1.165, 1.54) is 24.6 Å². The van der Waals surface area contributed by atoms with Gasteiger partial charge in [-0.1, -0.05) is 55.1 Å². The van der Waals surface area contributed by atoms with Crippen molar-refractivity contribution in [3.8, 4) is 5.75 Å². The molecule has 5 rings (SSSR count). The van der Waals surface area contributed by atoms with E-state index in [1.807, 2.05) is 55.5 Å². The number of hydrogen-bond donors (Lipinski definition) is 1. The average Bonchev–Trinajstić information content (AvgIpc) is 3.27. The van der Waals surface area contributed by atoms with Crippen molar-refractivity contribution in [2.24, 2.45) is 10.1 Å². The monoisotopic (exact) mass is 420 g/mol. The van der Waals surface area contributed by atoms with Crippen LogP contribution in [0.15, 0.2) is 58.6 Å². The largest absolute Gasteiger partial charge is 0.490 e. The highest BCUT2D eigenvalue weighted by Crippen LogP contribution is 2.37. The molecule has 2 aromatic carbocycles. The number of benzene rings is 2. The third kappa shape index (κ3) is 3.47. The highest BCUT2D eigenvalue weighted by molar-refractivity contribution is 8.13. The van der Waals surface area contributed by atoms with E-state index in [0.29, 0.717) is 10.9 Å². The Bertz CT molecular complexity index is 1120. The van der Waals surface area contributed by atoms with Gasteiger partial charge in [0.25, 0.3) is 5.91 Å². The molecule has 1 atom stereocenters. The second-order valence-corrected chi connectivity index (χ2v) is 8.82. The maximum absolute atomic E-state index is 13.1. The lowest BCUT2D eigenvalue weighted by molar-refractivity contribution is -0.116. The van der Waals surface area contributed by atoms with E-state index in [4.69, 9.17) is 14.8 Å². The van der Waals surface area contributed by atoms with Crippen molar-refractivity contribution in [1.29, 1.82) is 0 Å². The zero-order chi connectivity index (χ0) is 20.5. The van der Waals surface area contributed by atoms with E-state index in [1.54, 1.807) is 5.01 Å². The van der Waals surface area contributed by atoms with Gasteiger partial charge in [0, 0.05) is 10.8 Å². The van der Waals surface area contributed by atoms with Crippen LogP contribution in [-0.4, -0.2) is 27.9 Å². The van der Waals surface area contributed by atoms with Gasteiger partial charge in [0.1, 0.15) is 11.4 Å². The Labute approximate surface area is 179 Å². The molecule has 0 spiro atoms. The van der Waals surface area contributed by atoms with Crippen molar-refractivity contribution in [2.75, 3.05) is 5.75 Å². The van der Waals surface area contributed by atoms with Gasteiger partial charge in [-0.25, -0.2) is 5.01 Å². The van der Waals surface area contributed by atoms with E-state index >= 15 is 0 Å². The van der Waals surface area contributed by atoms with Crippen molar-refractivity contribution in [3.63, 3.8) is 0 Å². The number of hydrazone groups is 1. The molecular weight excluding hydrogens is 396 g/mol. The standard InChI is InChI=1S/C23H24N4O2S/c1-2-30-23-25-22(28)20-16-11-5-7-13-18(16)24-21(27(20)26-23)17-12-6-8-14-19(17)29-15-9-3-4-10-15/h5-8,11-15,21H,2-4,9-10H2,1H3,(H,25,26,28). The molecule has 0 aromatic heterocycles. The number of fused-ring (bicyclic) bond motifs is 2. The summed E-state index contributed by atoms with van der Waals surface area (Å²) in [6.45, 7) is 2.04. The number of amides is 1. The van der Waals surface area contributed by atoms with Crippen LogP contribution in [0.2, 0.25) is 0 Å². The predicted molar refractivity (Wildman–Crippen MR) is 118 cm³/mol. The summed E-state index contributed by atoms with van der Waals surface area (Å²) in [6, 6.07) is 15.7. The van der Waals surface area contributed by atoms with Gasteiger partial charge in [0.05, 0.1) is 11.5 Å². The second-order valence-electron chi connectivity index (χ2n) is 7.57. The van der Waals surface area contributed by atoms with Crippen LogP contribution in [0.4, 0.5) is 0 Å². The molecular formula is C23H24N4O2S. The van der Waals surface area contributed by atoms with E-state index in [-0.39, 0.29) is 12.0 Å². The van der Waals surface area contributed by atoms with Crippen LogP contribution in [0, 0.1) is 0 Å². The third-order valence-corrected chi connectivity index (χ3v) is 6.34. The van der Waals surface area contributed by atoms with Gasteiger partial charge >= 0.3 is 0 Å². The minimum absolute atomic E-state index is 0.150. The molecule has 1 N–H and O–H groups in total. The van der Waals surface area contributed by atoms with Gasteiger partial charge in [0.15, 0.2) is 11.3 Å². The Morgan fingerprint density at radius 2 is 1.90 bits per heavy atom. The maximum Gasteiger partial charge on any atom is 0.276 e. The first-order chi connectivity index (χ1) is 14.7. The van der Waals surface area contributed by atoms with Crippen LogP contribution in [0.3, 0.4) is 0 Å². The van der Waals surface area contributed by atoms with Crippen LogP contribution in [0.25, 0.3) is 5.70 Å². The number of nitrogens with one attached hydrogen (secondary N) is 1.